The van der Waals surface area contributed by atoms with Gasteiger partial charge < -0.3 is 5.32 Å². The summed E-state index contributed by atoms with van der Waals surface area (Å²) in [5.41, 5.74) is 3.06. The van der Waals surface area contributed by atoms with Gasteiger partial charge >= 0.3 is 0 Å². The molecule has 0 fully saturated rings. The Morgan fingerprint density at radius 3 is 2.75 bits per heavy atom. The summed E-state index contributed by atoms with van der Waals surface area (Å²) < 4.78 is 15.7. The van der Waals surface area contributed by atoms with Crippen molar-refractivity contribution in [2.45, 2.75) is 19.9 Å². The Morgan fingerprint density at radius 2 is 2.12 bits per heavy atom. The summed E-state index contributed by atoms with van der Waals surface area (Å²) in [6.07, 6.45) is 0. The van der Waals surface area contributed by atoms with Crippen LogP contribution in [0.5, 0.6) is 0 Å². The van der Waals surface area contributed by atoms with Crippen LogP contribution in [0.15, 0.2) is 47.2 Å². The molecule has 0 saturated carbocycles. The summed E-state index contributed by atoms with van der Waals surface area (Å²) >= 11 is 1.59. The van der Waals surface area contributed by atoms with E-state index in [1.165, 1.54) is 12.1 Å². The molecule has 0 aliphatic rings. The van der Waals surface area contributed by atoms with Crippen LogP contribution < -0.4 is 5.32 Å². The number of rotatable bonds is 5. The molecular formula is C18H18FN3OS. The lowest BCUT2D eigenvalue weighted by Crippen LogP contribution is -2.32. The van der Waals surface area contributed by atoms with Crippen LogP contribution in [-0.4, -0.2) is 22.2 Å². The second kappa shape index (κ2) is 6.97. The van der Waals surface area contributed by atoms with Gasteiger partial charge in [0.2, 0.25) is 0 Å². The van der Waals surface area contributed by atoms with Gasteiger partial charge in [0, 0.05) is 12.2 Å². The summed E-state index contributed by atoms with van der Waals surface area (Å²) in [4.78, 5) is 12.3. The molecule has 2 aromatic heterocycles. The fraction of sp³-hybridized carbons (Fsp3) is 0.222. The maximum atomic E-state index is 13.8. The molecule has 0 radical (unpaired) electrons. The molecule has 0 aliphatic carbocycles. The Hall–Kier alpha value is -2.47. The molecule has 0 spiro atoms. The molecule has 0 saturated heterocycles. The van der Waals surface area contributed by atoms with Crippen molar-refractivity contribution in [2.75, 3.05) is 6.54 Å². The third-order valence-electron chi connectivity index (χ3n) is 3.84. The number of aromatic nitrogens is 2. The standard InChI is InChI=1S/C18H18FN3OS/c1-12-9-13(2)22(21-12)17(14-7-8-24-11-14)10-20-18(23)15-5-3-4-6-16(15)19/h3-9,11,17H,10H2,1-2H3,(H,20,23)/t17-/m1/s1. The number of thiophene rings is 1. The van der Waals surface area contributed by atoms with Crippen molar-refractivity contribution in [3.8, 4) is 0 Å². The monoisotopic (exact) mass is 343 g/mol. The van der Waals surface area contributed by atoms with Gasteiger partial charge in [0.25, 0.3) is 5.91 Å². The van der Waals surface area contributed by atoms with Gasteiger partial charge in [0.1, 0.15) is 5.82 Å². The molecule has 0 unspecified atom stereocenters. The van der Waals surface area contributed by atoms with Gasteiger partial charge in [-0.3, -0.25) is 9.48 Å². The molecule has 6 heteroatoms. The molecule has 1 N–H and O–H groups in total. The first-order chi connectivity index (χ1) is 11.6. The number of hydrogen-bond donors (Lipinski definition) is 1. The Bertz CT molecular complexity index is 842. The van der Waals surface area contributed by atoms with E-state index in [-0.39, 0.29) is 11.6 Å². The average Bonchev–Trinajstić information content (AvgIpc) is 3.18. The second-order valence-corrected chi connectivity index (χ2v) is 6.41. The van der Waals surface area contributed by atoms with Crippen LogP contribution in [-0.2, 0) is 0 Å². The lowest BCUT2D eigenvalue weighted by molar-refractivity contribution is 0.0945. The van der Waals surface area contributed by atoms with E-state index < -0.39 is 11.7 Å². The van der Waals surface area contributed by atoms with Gasteiger partial charge in [0.15, 0.2) is 0 Å². The second-order valence-electron chi connectivity index (χ2n) is 5.63. The van der Waals surface area contributed by atoms with Gasteiger partial charge in [0.05, 0.1) is 17.3 Å². The fourth-order valence-electron chi connectivity index (χ4n) is 2.70. The lowest BCUT2D eigenvalue weighted by Gasteiger charge is -2.19. The number of aryl methyl sites for hydroxylation is 2. The van der Waals surface area contributed by atoms with E-state index in [9.17, 15) is 9.18 Å². The molecule has 3 aromatic rings. The van der Waals surface area contributed by atoms with Gasteiger partial charge in [-0.2, -0.15) is 16.4 Å². The molecule has 1 aromatic carbocycles. The minimum Gasteiger partial charge on any atom is -0.349 e. The van der Waals surface area contributed by atoms with Crippen molar-refractivity contribution < 1.29 is 9.18 Å². The largest absolute Gasteiger partial charge is 0.349 e. The van der Waals surface area contributed by atoms with Crippen LogP contribution in [0.2, 0.25) is 0 Å². The summed E-state index contributed by atoms with van der Waals surface area (Å²) in [5, 5.41) is 11.4. The first-order valence-electron chi connectivity index (χ1n) is 7.64. The third kappa shape index (κ3) is 3.38. The van der Waals surface area contributed by atoms with E-state index in [0.717, 1.165) is 17.0 Å². The maximum absolute atomic E-state index is 13.8. The van der Waals surface area contributed by atoms with Crippen molar-refractivity contribution >= 4 is 17.2 Å². The van der Waals surface area contributed by atoms with E-state index in [1.54, 1.807) is 23.5 Å². The molecule has 124 valence electrons. The number of amides is 1. The van der Waals surface area contributed by atoms with E-state index in [1.807, 2.05) is 41.4 Å². The number of carbonyl (C=O) groups excluding carboxylic acids is 1. The highest BCUT2D eigenvalue weighted by molar-refractivity contribution is 7.07. The molecule has 1 amide bonds. The number of halogens is 1. The van der Waals surface area contributed by atoms with Crippen molar-refractivity contribution in [3.05, 3.63) is 75.5 Å². The van der Waals surface area contributed by atoms with Crippen LogP contribution >= 0.6 is 11.3 Å². The maximum Gasteiger partial charge on any atom is 0.254 e. The summed E-state index contributed by atoms with van der Waals surface area (Å²) in [7, 11) is 0. The Labute approximate surface area is 143 Å². The molecule has 0 bridgehead atoms. The zero-order valence-electron chi connectivity index (χ0n) is 13.5. The van der Waals surface area contributed by atoms with Crippen molar-refractivity contribution in [3.63, 3.8) is 0 Å². The topological polar surface area (TPSA) is 46.9 Å². The molecule has 0 aliphatic heterocycles. The zero-order chi connectivity index (χ0) is 17.1. The Balaban J connectivity index is 1.82. The Kier molecular flexibility index (Phi) is 4.76. The van der Waals surface area contributed by atoms with Gasteiger partial charge in [-0.25, -0.2) is 4.39 Å². The van der Waals surface area contributed by atoms with E-state index in [2.05, 4.69) is 10.4 Å². The molecular weight excluding hydrogens is 325 g/mol. The van der Waals surface area contributed by atoms with Crippen molar-refractivity contribution in [2.24, 2.45) is 0 Å². The SMILES string of the molecule is Cc1cc(C)n([C@H](CNC(=O)c2ccccc2F)c2ccsc2)n1. The predicted octanol–water partition coefficient (Wildman–Crippen LogP) is 3.72. The zero-order valence-corrected chi connectivity index (χ0v) is 14.3. The molecule has 3 rings (SSSR count). The molecule has 1 atom stereocenters. The first-order valence-corrected chi connectivity index (χ1v) is 8.58. The highest BCUT2D eigenvalue weighted by atomic mass is 32.1. The normalized spacial score (nSPS) is 12.1. The van der Waals surface area contributed by atoms with Gasteiger partial charge in [-0.15, -0.1) is 0 Å². The predicted molar refractivity (Wildman–Crippen MR) is 92.9 cm³/mol. The fourth-order valence-corrected chi connectivity index (χ4v) is 3.41. The molecule has 24 heavy (non-hydrogen) atoms. The lowest BCUT2D eigenvalue weighted by atomic mass is 10.1. The number of carbonyl (C=O) groups is 1. The number of hydrogen-bond acceptors (Lipinski definition) is 3. The smallest absolute Gasteiger partial charge is 0.254 e. The Morgan fingerprint density at radius 1 is 1.33 bits per heavy atom. The highest BCUT2D eigenvalue weighted by Gasteiger charge is 2.19. The van der Waals surface area contributed by atoms with Crippen molar-refractivity contribution in [1.29, 1.82) is 0 Å². The highest BCUT2D eigenvalue weighted by Crippen LogP contribution is 2.22. The minimum absolute atomic E-state index is 0.0509. The van der Waals surface area contributed by atoms with Gasteiger partial charge in [-0.1, -0.05) is 12.1 Å². The number of nitrogens with zero attached hydrogens (tertiary/aromatic N) is 2. The summed E-state index contributed by atoms with van der Waals surface area (Å²) in [5.74, 6) is -0.942. The first kappa shape index (κ1) is 16.4. The third-order valence-corrected chi connectivity index (χ3v) is 4.54. The van der Waals surface area contributed by atoms with Gasteiger partial charge in [-0.05, 0) is 54.4 Å². The minimum atomic E-state index is -0.520. The van der Waals surface area contributed by atoms with E-state index in [0.29, 0.717) is 6.54 Å². The van der Waals surface area contributed by atoms with Crippen LogP contribution in [0.3, 0.4) is 0 Å². The quantitative estimate of drug-likeness (QED) is 0.767. The van der Waals surface area contributed by atoms with Crippen LogP contribution in [0.1, 0.15) is 33.4 Å². The summed E-state index contributed by atoms with van der Waals surface area (Å²) in [6.45, 7) is 4.26. The number of nitrogens with one attached hydrogen (secondary N) is 1. The average molecular weight is 343 g/mol. The molecule has 2 heterocycles. The molecule has 4 nitrogen and oxygen atoms in total. The van der Waals surface area contributed by atoms with Crippen LogP contribution in [0.25, 0.3) is 0 Å². The number of benzene rings is 1. The van der Waals surface area contributed by atoms with E-state index in [4.69, 9.17) is 0 Å². The van der Waals surface area contributed by atoms with Crippen LogP contribution in [0, 0.1) is 19.7 Å². The van der Waals surface area contributed by atoms with E-state index >= 15 is 0 Å². The summed E-state index contributed by atoms with van der Waals surface area (Å²) in [6, 6.07) is 9.87. The van der Waals surface area contributed by atoms with Crippen molar-refractivity contribution in [1.82, 2.24) is 15.1 Å². The van der Waals surface area contributed by atoms with Crippen LogP contribution in [0.4, 0.5) is 4.39 Å².